The average molecular weight is 533 g/mol. The highest BCUT2D eigenvalue weighted by Crippen LogP contribution is 2.17. The number of hydrogen-bond acceptors (Lipinski definition) is 4. The van der Waals surface area contributed by atoms with E-state index in [-0.39, 0.29) is 36.2 Å². The lowest BCUT2D eigenvalue weighted by Crippen LogP contribution is -2.45. The molecule has 2 unspecified atom stereocenters. The Morgan fingerprint density at radius 1 is 1.17 bits per heavy atom. The van der Waals surface area contributed by atoms with Crippen LogP contribution in [0.25, 0.3) is 0 Å². The van der Waals surface area contributed by atoms with Crippen molar-refractivity contribution >= 4 is 29.9 Å². The SMILES string of the molecule is CN=C(NCCCOCC(C)C)NCc1ccccc1CN1CC(C)OC(C)C1.I. The molecule has 1 aliphatic rings. The first-order valence-corrected chi connectivity index (χ1v) is 10.9. The van der Waals surface area contributed by atoms with Gasteiger partial charge in [0, 0.05) is 53.0 Å². The van der Waals surface area contributed by atoms with Gasteiger partial charge in [-0.3, -0.25) is 9.89 Å². The zero-order chi connectivity index (χ0) is 21.1. The van der Waals surface area contributed by atoms with Crippen LogP contribution in [-0.4, -0.2) is 63.0 Å². The number of rotatable bonds is 10. The summed E-state index contributed by atoms with van der Waals surface area (Å²) in [4.78, 5) is 6.83. The highest BCUT2D eigenvalue weighted by molar-refractivity contribution is 14.0. The van der Waals surface area contributed by atoms with Crippen LogP contribution in [0.4, 0.5) is 0 Å². The number of benzene rings is 1. The first-order chi connectivity index (χ1) is 14.0. The van der Waals surface area contributed by atoms with Gasteiger partial charge < -0.3 is 20.1 Å². The summed E-state index contributed by atoms with van der Waals surface area (Å²) in [6.07, 6.45) is 1.55. The molecule has 2 N–H and O–H groups in total. The lowest BCUT2D eigenvalue weighted by molar-refractivity contribution is -0.0705. The van der Waals surface area contributed by atoms with E-state index in [2.05, 4.69) is 72.5 Å². The summed E-state index contributed by atoms with van der Waals surface area (Å²) in [5, 5.41) is 6.82. The zero-order valence-corrected chi connectivity index (χ0v) is 21.6. The molecule has 2 atom stereocenters. The Balaban J connectivity index is 0.00000450. The van der Waals surface area contributed by atoms with Gasteiger partial charge in [-0.1, -0.05) is 38.1 Å². The summed E-state index contributed by atoms with van der Waals surface area (Å²) in [5.74, 6) is 1.42. The van der Waals surface area contributed by atoms with E-state index in [1.54, 1.807) is 0 Å². The summed E-state index contributed by atoms with van der Waals surface area (Å²) >= 11 is 0. The Kier molecular flexibility index (Phi) is 13.6. The van der Waals surface area contributed by atoms with Gasteiger partial charge in [0.25, 0.3) is 0 Å². The number of morpholine rings is 1. The fourth-order valence-corrected chi connectivity index (χ4v) is 3.64. The van der Waals surface area contributed by atoms with Gasteiger partial charge in [-0.25, -0.2) is 0 Å². The molecule has 1 fully saturated rings. The summed E-state index contributed by atoms with van der Waals surface area (Å²) in [5.41, 5.74) is 2.67. The van der Waals surface area contributed by atoms with E-state index in [1.165, 1.54) is 11.1 Å². The number of halogens is 1. The van der Waals surface area contributed by atoms with Crippen molar-refractivity contribution in [2.24, 2.45) is 10.9 Å². The average Bonchev–Trinajstić information content (AvgIpc) is 2.67. The maximum atomic E-state index is 5.86. The fraction of sp³-hybridized carbons (Fsp3) is 0.696. The Hall–Kier alpha value is -0.900. The van der Waals surface area contributed by atoms with Crippen LogP contribution >= 0.6 is 24.0 Å². The van der Waals surface area contributed by atoms with Crippen LogP contribution in [0.2, 0.25) is 0 Å². The van der Waals surface area contributed by atoms with Crippen LogP contribution in [0.15, 0.2) is 29.3 Å². The minimum atomic E-state index is 0. The van der Waals surface area contributed by atoms with Gasteiger partial charge in [-0.2, -0.15) is 0 Å². The molecule has 0 saturated carbocycles. The molecule has 0 aromatic heterocycles. The van der Waals surface area contributed by atoms with Crippen molar-refractivity contribution < 1.29 is 9.47 Å². The molecule has 172 valence electrons. The molecular formula is C23H41IN4O2. The lowest BCUT2D eigenvalue weighted by Gasteiger charge is -2.35. The van der Waals surface area contributed by atoms with Gasteiger partial charge in [-0.05, 0) is 37.3 Å². The van der Waals surface area contributed by atoms with Crippen molar-refractivity contribution in [1.29, 1.82) is 0 Å². The molecule has 6 nitrogen and oxygen atoms in total. The molecule has 2 rings (SSSR count). The van der Waals surface area contributed by atoms with E-state index in [0.717, 1.165) is 58.3 Å². The standard InChI is InChI=1S/C23H40N4O2.HI/c1-18(2)17-28-12-8-11-25-23(24-5)26-13-21-9-6-7-10-22(21)16-27-14-19(3)29-20(4)15-27;/h6-7,9-10,18-20H,8,11-17H2,1-5H3,(H2,24,25,26);1H. The number of nitrogens with zero attached hydrogens (tertiary/aromatic N) is 2. The smallest absolute Gasteiger partial charge is 0.191 e. The fourth-order valence-electron chi connectivity index (χ4n) is 3.64. The van der Waals surface area contributed by atoms with Crippen molar-refractivity contribution in [3.05, 3.63) is 35.4 Å². The summed E-state index contributed by atoms with van der Waals surface area (Å²) in [6, 6.07) is 8.65. The van der Waals surface area contributed by atoms with E-state index >= 15 is 0 Å². The first kappa shape index (κ1) is 27.1. The quantitative estimate of drug-likeness (QED) is 0.209. The second kappa shape index (κ2) is 15.0. The third kappa shape index (κ3) is 10.4. The molecule has 1 aliphatic heterocycles. The molecule has 0 amide bonds. The van der Waals surface area contributed by atoms with Crippen LogP contribution in [0.3, 0.4) is 0 Å². The predicted octanol–water partition coefficient (Wildman–Crippen LogP) is 3.64. The number of aliphatic imine (C=N–C) groups is 1. The third-order valence-corrected chi connectivity index (χ3v) is 4.89. The molecule has 0 radical (unpaired) electrons. The lowest BCUT2D eigenvalue weighted by atomic mass is 10.1. The van der Waals surface area contributed by atoms with Crippen molar-refractivity contribution in [3.63, 3.8) is 0 Å². The second-order valence-electron chi connectivity index (χ2n) is 8.39. The zero-order valence-electron chi connectivity index (χ0n) is 19.3. The summed E-state index contributed by atoms with van der Waals surface area (Å²) < 4.78 is 11.5. The largest absolute Gasteiger partial charge is 0.381 e. The monoisotopic (exact) mass is 532 g/mol. The van der Waals surface area contributed by atoms with Crippen molar-refractivity contribution in [2.45, 2.75) is 59.4 Å². The molecule has 0 aliphatic carbocycles. The molecular weight excluding hydrogens is 491 g/mol. The first-order valence-electron chi connectivity index (χ1n) is 10.9. The van der Waals surface area contributed by atoms with Gasteiger partial charge in [0.2, 0.25) is 0 Å². The van der Waals surface area contributed by atoms with Crippen molar-refractivity contribution in [1.82, 2.24) is 15.5 Å². The van der Waals surface area contributed by atoms with Crippen LogP contribution in [-0.2, 0) is 22.6 Å². The van der Waals surface area contributed by atoms with Crippen molar-refractivity contribution in [3.8, 4) is 0 Å². The number of nitrogens with one attached hydrogen (secondary N) is 2. The third-order valence-electron chi connectivity index (χ3n) is 4.89. The van der Waals surface area contributed by atoms with Gasteiger partial charge in [-0.15, -0.1) is 24.0 Å². The van der Waals surface area contributed by atoms with E-state index in [4.69, 9.17) is 9.47 Å². The Morgan fingerprint density at radius 2 is 1.83 bits per heavy atom. The number of hydrogen-bond donors (Lipinski definition) is 2. The number of guanidine groups is 1. The molecule has 1 aromatic rings. The summed E-state index contributed by atoms with van der Waals surface area (Å²) in [6.45, 7) is 14.8. The molecule has 0 spiro atoms. The maximum absolute atomic E-state index is 5.86. The number of ether oxygens (including phenoxy) is 2. The van der Waals surface area contributed by atoms with Crippen molar-refractivity contribution in [2.75, 3.05) is 39.9 Å². The topological polar surface area (TPSA) is 58.1 Å². The highest BCUT2D eigenvalue weighted by atomic mass is 127. The summed E-state index contributed by atoms with van der Waals surface area (Å²) in [7, 11) is 1.81. The Bertz CT molecular complexity index is 617. The highest BCUT2D eigenvalue weighted by Gasteiger charge is 2.22. The molecule has 0 bridgehead atoms. The van der Waals surface area contributed by atoms with E-state index in [9.17, 15) is 0 Å². The molecule has 30 heavy (non-hydrogen) atoms. The predicted molar refractivity (Wildman–Crippen MR) is 136 cm³/mol. The van der Waals surface area contributed by atoms with E-state index in [1.807, 2.05) is 7.05 Å². The minimum absolute atomic E-state index is 0. The molecule has 1 saturated heterocycles. The van der Waals surface area contributed by atoms with E-state index in [0.29, 0.717) is 5.92 Å². The normalized spacial score (nSPS) is 20.1. The van der Waals surface area contributed by atoms with Crippen LogP contribution in [0, 0.1) is 5.92 Å². The van der Waals surface area contributed by atoms with Crippen LogP contribution < -0.4 is 10.6 Å². The van der Waals surface area contributed by atoms with Gasteiger partial charge in [0.05, 0.1) is 12.2 Å². The van der Waals surface area contributed by atoms with Gasteiger partial charge >= 0.3 is 0 Å². The van der Waals surface area contributed by atoms with Gasteiger partial charge in [0.1, 0.15) is 0 Å². The molecule has 1 heterocycles. The van der Waals surface area contributed by atoms with Crippen LogP contribution in [0.1, 0.15) is 45.2 Å². The van der Waals surface area contributed by atoms with Gasteiger partial charge in [0.15, 0.2) is 5.96 Å². The second-order valence-corrected chi connectivity index (χ2v) is 8.39. The van der Waals surface area contributed by atoms with Crippen LogP contribution in [0.5, 0.6) is 0 Å². The molecule has 7 heteroatoms. The minimum Gasteiger partial charge on any atom is -0.381 e. The Morgan fingerprint density at radius 3 is 2.47 bits per heavy atom. The van der Waals surface area contributed by atoms with E-state index < -0.39 is 0 Å². The Labute approximate surface area is 200 Å². The molecule has 1 aromatic carbocycles. The maximum Gasteiger partial charge on any atom is 0.191 e.